The molecule has 17 heavy (non-hydrogen) atoms. The molecule has 1 rings (SSSR count). The van der Waals surface area contributed by atoms with E-state index < -0.39 is 0 Å². The molecule has 0 aliphatic heterocycles. The number of halogens is 1. The van der Waals surface area contributed by atoms with E-state index in [1.54, 1.807) is 0 Å². The van der Waals surface area contributed by atoms with Crippen LogP contribution in [0.3, 0.4) is 0 Å². The van der Waals surface area contributed by atoms with E-state index in [0.29, 0.717) is 5.15 Å². The molecule has 2 N–H and O–H groups in total. The van der Waals surface area contributed by atoms with Gasteiger partial charge in [0, 0.05) is 19.5 Å². The number of rotatable bonds is 7. The number of aromatic nitrogens is 2. The fourth-order valence-corrected chi connectivity index (χ4v) is 1.71. The molecule has 0 spiro atoms. The van der Waals surface area contributed by atoms with Gasteiger partial charge < -0.3 is 10.3 Å². The van der Waals surface area contributed by atoms with Crippen LogP contribution < -0.4 is 5.32 Å². The van der Waals surface area contributed by atoms with Crippen molar-refractivity contribution in [2.75, 3.05) is 6.54 Å². The summed E-state index contributed by atoms with van der Waals surface area (Å²) in [6, 6.07) is 0. The van der Waals surface area contributed by atoms with Crippen LogP contribution in [0.25, 0.3) is 0 Å². The molecule has 0 aromatic carbocycles. The van der Waals surface area contributed by atoms with E-state index >= 15 is 0 Å². The molecule has 0 amide bonds. The van der Waals surface area contributed by atoms with Crippen molar-refractivity contribution < 1.29 is 0 Å². The Bertz CT molecular complexity index is 365. The molecule has 3 nitrogen and oxygen atoms in total. The summed E-state index contributed by atoms with van der Waals surface area (Å²) < 4.78 is 0. The van der Waals surface area contributed by atoms with Crippen molar-refractivity contribution in [3.8, 4) is 0 Å². The number of unbranched alkanes of at least 4 members (excludes halogenated alkanes) is 1. The Hall–Kier alpha value is -0.800. The molecule has 0 aliphatic carbocycles. The first kappa shape index (κ1) is 14.3. The van der Waals surface area contributed by atoms with Crippen LogP contribution in [0.2, 0.25) is 5.15 Å². The molecule has 0 radical (unpaired) electrons. The summed E-state index contributed by atoms with van der Waals surface area (Å²) in [6.45, 7) is 7.96. The topological polar surface area (TPSA) is 40.7 Å². The van der Waals surface area contributed by atoms with Gasteiger partial charge in [-0.25, -0.2) is 4.98 Å². The van der Waals surface area contributed by atoms with E-state index in [1.165, 1.54) is 12.0 Å². The van der Waals surface area contributed by atoms with Gasteiger partial charge in [-0.05, 0) is 20.3 Å². The third kappa shape index (κ3) is 5.37. The zero-order valence-corrected chi connectivity index (χ0v) is 11.7. The first-order valence-electron chi connectivity index (χ1n) is 6.20. The standard InChI is InChI=1S/C13H22ClN3/c1-4-5-6-12-16-11(13(14)17-12)9-15-8-7-10(2)3/h7,15H,4-6,8-9H2,1-3H3,(H,16,17). The van der Waals surface area contributed by atoms with Gasteiger partial charge in [0.2, 0.25) is 0 Å². The lowest BCUT2D eigenvalue weighted by Crippen LogP contribution is -2.13. The van der Waals surface area contributed by atoms with E-state index in [-0.39, 0.29) is 0 Å². The van der Waals surface area contributed by atoms with Crippen LogP contribution in [0, 0.1) is 0 Å². The molecule has 0 saturated carbocycles. The highest BCUT2D eigenvalue weighted by atomic mass is 35.5. The fraction of sp³-hybridized carbons (Fsp3) is 0.615. The normalized spacial score (nSPS) is 10.6. The van der Waals surface area contributed by atoms with E-state index in [1.807, 2.05) is 0 Å². The average molecular weight is 256 g/mol. The number of nitrogens with one attached hydrogen (secondary N) is 2. The number of imidazole rings is 1. The summed E-state index contributed by atoms with van der Waals surface area (Å²) in [5.74, 6) is 0.996. The van der Waals surface area contributed by atoms with Gasteiger partial charge in [0.25, 0.3) is 0 Å². The number of aromatic amines is 1. The Morgan fingerprint density at radius 2 is 2.24 bits per heavy atom. The summed E-state index contributed by atoms with van der Waals surface area (Å²) in [6.07, 6.45) is 5.45. The van der Waals surface area contributed by atoms with Gasteiger partial charge >= 0.3 is 0 Å². The van der Waals surface area contributed by atoms with Crippen molar-refractivity contribution in [2.45, 2.75) is 46.6 Å². The van der Waals surface area contributed by atoms with Crippen LogP contribution in [0.1, 0.15) is 45.1 Å². The molecule has 0 bridgehead atoms. The molecule has 0 unspecified atom stereocenters. The molecular weight excluding hydrogens is 234 g/mol. The molecule has 0 fully saturated rings. The number of allylic oxidation sites excluding steroid dienone is 1. The second-order valence-electron chi connectivity index (χ2n) is 4.47. The predicted molar refractivity (Wildman–Crippen MR) is 73.3 cm³/mol. The fourth-order valence-electron chi connectivity index (χ4n) is 1.49. The van der Waals surface area contributed by atoms with Crippen molar-refractivity contribution in [3.63, 3.8) is 0 Å². The zero-order chi connectivity index (χ0) is 12.7. The maximum Gasteiger partial charge on any atom is 0.151 e. The largest absolute Gasteiger partial charge is 0.344 e. The smallest absolute Gasteiger partial charge is 0.151 e. The first-order chi connectivity index (χ1) is 8.13. The minimum absolute atomic E-state index is 0.598. The second-order valence-corrected chi connectivity index (χ2v) is 4.83. The lowest BCUT2D eigenvalue weighted by molar-refractivity contribution is 0.729. The highest BCUT2D eigenvalue weighted by Crippen LogP contribution is 2.13. The van der Waals surface area contributed by atoms with E-state index in [0.717, 1.165) is 37.4 Å². The molecule has 0 atom stereocenters. The molecule has 0 saturated heterocycles. The Morgan fingerprint density at radius 1 is 1.47 bits per heavy atom. The third-order valence-electron chi connectivity index (χ3n) is 2.50. The summed E-state index contributed by atoms with van der Waals surface area (Å²) in [4.78, 5) is 7.59. The lowest BCUT2D eigenvalue weighted by atomic mass is 10.2. The lowest BCUT2D eigenvalue weighted by Gasteiger charge is -2.00. The minimum atomic E-state index is 0.598. The highest BCUT2D eigenvalue weighted by Gasteiger charge is 2.06. The highest BCUT2D eigenvalue weighted by molar-refractivity contribution is 6.30. The van der Waals surface area contributed by atoms with Crippen molar-refractivity contribution in [1.82, 2.24) is 15.3 Å². The van der Waals surface area contributed by atoms with Gasteiger partial charge in [0.15, 0.2) is 5.15 Å². The van der Waals surface area contributed by atoms with E-state index in [2.05, 4.69) is 42.1 Å². The number of hydrogen-bond donors (Lipinski definition) is 2. The zero-order valence-electron chi connectivity index (χ0n) is 10.9. The Morgan fingerprint density at radius 3 is 2.88 bits per heavy atom. The van der Waals surface area contributed by atoms with Gasteiger partial charge in [-0.2, -0.15) is 0 Å². The summed E-state index contributed by atoms with van der Waals surface area (Å²) in [5.41, 5.74) is 2.30. The van der Waals surface area contributed by atoms with Crippen molar-refractivity contribution >= 4 is 11.6 Å². The van der Waals surface area contributed by atoms with Gasteiger partial charge in [-0.3, -0.25) is 0 Å². The molecule has 0 aliphatic rings. The van der Waals surface area contributed by atoms with Gasteiger partial charge in [-0.1, -0.05) is 36.6 Å². The maximum absolute atomic E-state index is 6.07. The summed E-state index contributed by atoms with van der Waals surface area (Å²) in [7, 11) is 0. The summed E-state index contributed by atoms with van der Waals surface area (Å²) >= 11 is 6.07. The average Bonchev–Trinajstić information content (AvgIpc) is 2.62. The number of hydrogen-bond acceptors (Lipinski definition) is 2. The molecule has 1 aromatic heterocycles. The van der Waals surface area contributed by atoms with Crippen molar-refractivity contribution in [1.29, 1.82) is 0 Å². The quantitative estimate of drug-likeness (QED) is 0.579. The first-order valence-corrected chi connectivity index (χ1v) is 6.58. The third-order valence-corrected chi connectivity index (χ3v) is 2.81. The SMILES string of the molecule is CCCCc1nc(Cl)c(CNCC=C(C)C)[nH]1. The van der Waals surface area contributed by atoms with Gasteiger partial charge in [0.05, 0.1) is 5.69 Å². The summed E-state index contributed by atoms with van der Waals surface area (Å²) in [5, 5.41) is 3.91. The van der Waals surface area contributed by atoms with Crippen LogP contribution in [-0.2, 0) is 13.0 Å². The van der Waals surface area contributed by atoms with Crippen LogP contribution in [0.15, 0.2) is 11.6 Å². The predicted octanol–water partition coefficient (Wildman–Crippen LogP) is 3.46. The monoisotopic (exact) mass is 255 g/mol. The van der Waals surface area contributed by atoms with E-state index in [4.69, 9.17) is 11.6 Å². The Labute approximate surface area is 109 Å². The van der Waals surface area contributed by atoms with Gasteiger partial charge in [0.1, 0.15) is 5.82 Å². The van der Waals surface area contributed by atoms with Crippen LogP contribution in [0.5, 0.6) is 0 Å². The molecule has 1 heterocycles. The number of nitrogens with zero attached hydrogens (tertiary/aromatic N) is 1. The second kappa shape index (κ2) is 7.51. The van der Waals surface area contributed by atoms with Crippen LogP contribution in [-0.4, -0.2) is 16.5 Å². The Balaban J connectivity index is 2.42. The van der Waals surface area contributed by atoms with E-state index in [9.17, 15) is 0 Å². The maximum atomic E-state index is 6.07. The molecular formula is C13H22ClN3. The minimum Gasteiger partial charge on any atom is -0.344 e. The van der Waals surface area contributed by atoms with Crippen LogP contribution >= 0.6 is 11.6 Å². The van der Waals surface area contributed by atoms with Crippen LogP contribution in [0.4, 0.5) is 0 Å². The number of H-pyrrole nitrogens is 1. The Kier molecular flexibility index (Phi) is 6.30. The molecule has 96 valence electrons. The molecule has 4 heteroatoms. The van der Waals surface area contributed by atoms with Gasteiger partial charge in [-0.15, -0.1) is 0 Å². The van der Waals surface area contributed by atoms with Crippen molar-refractivity contribution in [2.24, 2.45) is 0 Å². The van der Waals surface area contributed by atoms with Crippen molar-refractivity contribution in [3.05, 3.63) is 28.3 Å². The number of aryl methyl sites for hydroxylation is 1. The molecule has 1 aromatic rings.